The van der Waals surface area contributed by atoms with Crippen molar-refractivity contribution < 1.29 is 64.7 Å². The molecule has 1 aromatic carbocycles. The third-order valence-corrected chi connectivity index (χ3v) is 6.43. The molecule has 0 bridgehead atoms. The van der Waals surface area contributed by atoms with Gasteiger partial charge in [-0.25, -0.2) is 0 Å². The van der Waals surface area contributed by atoms with Crippen molar-refractivity contribution in [3.05, 3.63) is 59.1 Å². The van der Waals surface area contributed by atoms with Crippen LogP contribution < -0.4 is 0 Å². The van der Waals surface area contributed by atoms with Crippen LogP contribution in [0.15, 0.2) is 47.9 Å². The second-order valence-electron chi connectivity index (χ2n) is 7.04. The van der Waals surface area contributed by atoms with Gasteiger partial charge in [-0.05, 0) is 49.6 Å². The van der Waals surface area contributed by atoms with Gasteiger partial charge < -0.3 is 8.37 Å². The average Bonchev–Trinajstić information content (AvgIpc) is 2.63. The number of rotatable bonds is 6. The normalized spacial score (nSPS) is 17.6. The Morgan fingerprint density at radius 2 is 1.15 bits per heavy atom. The molecule has 0 saturated heterocycles. The second kappa shape index (κ2) is 8.66. The maximum atomic E-state index is 12.8. The molecule has 1 aliphatic rings. The van der Waals surface area contributed by atoms with E-state index in [9.17, 15) is 56.3 Å². The molecular weight excluding hydrogens is 535 g/mol. The molecule has 0 aromatic heterocycles. The van der Waals surface area contributed by atoms with E-state index in [0.717, 1.165) is 31.2 Å². The van der Waals surface area contributed by atoms with E-state index in [1.54, 1.807) is 0 Å². The van der Waals surface area contributed by atoms with E-state index in [0.29, 0.717) is 12.1 Å². The molecule has 0 atom stereocenters. The summed E-state index contributed by atoms with van der Waals surface area (Å²) >= 11 is 0. The number of hydrogen-bond donors (Lipinski definition) is 0. The van der Waals surface area contributed by atoms with Crippen LogP contribution in [0.3, 0.4) is 0 Å². The smallest absolute Gasteiger partial charge is 0.380 e. The first-order valence-corrected chi connectivity index (χ1v) is 11.5. The van der Waals surface area contributed by atoms with Gasteiger partial charge in [-0.3, -0.25) is 0 Å². The van der Waals surface area contributed by atoms with Crippen LogP contribution in [0.2, 0.25) is 0 Å². The standard InChI is InChI=1S/C17H13F9O6S2/c1-14(9-10-5-7-11(8-6-10)15(18,19)20)12(31-33(27,28)16(21,22)23)3-2-4-13(14)32-34(29,30)17(24,25)26/h3-8H,2,9H2,1H3. The number of halogens is 9. The molecule has 0 heterocycles. The lowest BCUT2D eigenvalue weighted by Gasteiger charge is -2.35. The van der Waals surface area contributed by atoms with Crippen LogP contribution in [0, 0.1) is 5.41 Å². The van der Waals surface area contributed by atoms with Gasteiger partial charge in [0, 0.05) is 0 Å². The van der Waals surface area contributed by atoms with Gasteiger partial charge in [0.05, 0.1) is 11.0 Å². The predicted molar refractivity (Wildman–Crippen MR) is 96.2 cm³/mol. The lowest BCUT2D eigenvalue weighted by Crippen LogP contribution is -2.36. The molecule has 0 fully saturated rings. The van der Waals surface area contributed by atoms with E-state index in [1.807, 2.05) is 0 Å². The Labute approximate surface area is 186 Å². The van der Waals surface area contributed by atoms with Crippen LogP contribution in [-0.2, 0) is 41.2 Å². The maximum absolute atomic E-state index is 12.8. The number of hydrogen-bond acceptors (Lipinski definition) is 6. The lowest BCUT2D eigenvalue weighted by atomic mass is 9.77. The monoisotopic (exact) mass is 548 g/mol. The van der Waals surface area contributed by atoms with Crippen LogP contribution in [0.25, 0.3) is 0 Å². The van der Waals surface area contributed by atoms with Crippen molar-refractivity contribution in [2.45, 2.75) is 37.0 Å². The number of benzene rings is 1. The van der Waals surface area contributed by atoms with E-state index in [4.69, 9.17) is 0 Å². The number of alkyl halides is 9. The molecule has 0 N–H and O–H groups in total. The van der Waals surface area contributed by atoms with Gasteiger partial charge in [-0.2, -0.15) is 56.3 Å². The molecule has 17 heteroatoms. The van der Waals surface area contributed by atoms with Crippen LogP contribution in [0.4, 0.5) is 39.5 Å². The molecule has 1 aliphatic carbocycles. The van der Waals surface area contributed by atoms with Crippen molar-refractivity contribution in [2.24, 2.45) is 5.41 Å². The van der Waals surface area contributed by atoms with E-state index in [-0.39, 0.29) is 5.56 Å². The van der Waals surface area contributed by atoms with Crippen molar-refractivity contribution in [2.75, 3.05) is 0 Å². The second-order valence-corrected chi connectivity index (χ2v) is 10.1. The Morgan fingerprint density at radius 3 is 1.47 bits per heavy atom. The Kier molecular flexibility index (Phi) is 7.08. The molecule has 6 nitrogen and oxygen atoms in total. The lowest BCUT2D eigenvalue weighted by molar-refractivity contribution is -0.137. The minimum absolute atomic E-state index is 0.157. The topological polar surface area (TPSA) is 86.7 Å². The van der Waals surface area contributed by atoms with Crippen LogP contribution >= 0.6 is 0 Å². The summed E-state index contributed by atoms with van der Waals surface area (Å²) in [6.07, 6.45) is -4.71. The van der Waals surface area contributed by atoms with Crippen molar-refractivity contribution in [1.82, 2.24) is 0 Å². The van der Waals surface area contributed by atoms with Crippen LogP contribution in [0.5, 0.6) is 0 Å². The summed E-state index contributed by atoms with van der Waals surface area (Å²) in [5, 5.41) is 0. The zero-order valence-electron chi connectivity index (χ0n) is 16.5. The largest absolute Gasteiger partial charge is 0.534 e. The fraction of sp³-hybridized carbons (Fsp3) is 0.412. The molecule has 0 spiro atoms. The van der Waals surface area contributed by atoms with Crippen molar-refractivity contribution >= 4 is 20.2 Å². The summed E-state index contributed by atoms with van der Waals surface area (Å²) in [6, 6.07) is 2.73. The molecule has 0 unspecified atom stereocenters. The van der Waals surface area contributed by atoms with Crippen molar-refractivity contribution in [3.8, 4) is 0 Å². The highest BCUT2D eigenvalue weighted by atomic mass is 32.2. The Morgan fingerprint density at radius 1 is 0.765 bits per heavy atom. The molecule has 192 valence electrons. The minimum Gasteiger partial charge on any atom is -0.380 e. The summed E-state index contributed by atoms with van der Waals surface area (Å²) in [6.45, 7) is 0.805. The van der Waals surface area contributed by atoms with Crippen LogP contribution in [-0.4, -0.2) is 27.9 Å². The van der Waals surface area contributed by atoms with Gasteiger partial charge in [0.1, 0.15) is 11.5 Å². The summed E-state index contributed by atoms with van der Waals surface area (Å²) in [5.41, 5.74) is -15.6. The molecule has 0 saturated carbocycles. The van der Waals surface area contributed by atoms with E-state index in [2.05, 4.69) is 8.37 Å². The highest BCUT2D eigenvalue weighted by Crippen LogP contribution is 2.46. The summed E-state index contributed by atoms with van der Waals surface area (Å²) in [5.74, 6) is -2.28. The van der Waals surface area contributed by atoms with E-state index < -0.39 is 72.8 Å². The third-order valence-electron chi connectivity index (χ3n) is 4.50. The van der Waals surface area contributed by atoms with Gasteiger partial charge >= 0.3 is 37.4 Å². The highest BCUT2D eigenvalue weighted by molar-refractivity contribution is 7.88. The Balaban J connectivity index is 2.56. The molecule has 2 rings (SSSR count). The van der Waals surface area contributed by atoms with E-state index >= 15 is 0 Å². The summed E-state index contributed by atoms with van der Waals surface area (Å²) in [4.78, 5) is 0. The zero-order valence-corrected chi connectivity index (χ0v) is 18.2. The fourth-order valence-corrected chi connectivity index (χ4v) is 3.99. The molecule has 0 aliphatic heterocycles. The summed E-state index contributed by atoms with van der Waals surface area (Å²) < 4.78 is 169. The highest BCUT2D eigenvalue weighted by Gasteiger charge is 2.54. The summed E-state index contributed by atoms with van der Waals surface area (Å²) in [7, 11) is -12.7. The predicted octanol–water partition coefficient (Wildman–Crippen LogP) is 5.16. The first-order chi connectivity index (χ1) is 15.1. The molecule has 1 aromatic rings. The average molecular weight is 548 g/mol. The van der Waals surface area contributed by atoms with Gasteiger partial charge in [0.2, 0.25) is 0 Å². The van der Waals surface area contributed by atoms with Crippen molar-refractivity contribution in [3.63, 3.8) is 0 Å². The van der Waals surface area contributed by atoms with E-state index in [1.165, 1.54) is 0 Å². The van der Waals surface area contributed by atoms with Gasteiger partial charge in [-0.15, -0.1) is 0 Å². The Bertz CT molecular complexity index is 1130. The molecule has 0 amide bonds. The third kappa shape index (κ3) is 5.79. The van der Waals surface area contributed by atoms with Crippen LogP contribution in [0.1, 0.15) is 24.5 Å². The maximum Gasteiger partial charge on any atom is 0.534 e. The minimum atomic E-state index is -6.35. The Hall–Kier alpha value is -2.43. The fourth-order valence-electron chi connectivity index (χ4n) is 2.82. The van der Waals surface area contributed by atoms with Gasteiger partial charge in [0.15, 0.2) is 0 Å². The SMILES string of the molecule is CC1(Cc2ccc(C(F)(F)F)cc2)C(OS(=O)(=O)C(F)(F)F)=CCC=C1OS(=O)(=O)C(F)(F)F. The zero-order chi connectivity index (χ0) is 26.4. The molecular formula is C17H13F9O6S2. The molecule has 34 heavy (non-hydrogen) atoms. The first-order valence-electron chi connectivity index (χ1n) is 8.69. The molecule has 0 radical (unpaired) electrons. The van der Waals surface area contributed by atoms with Gasteiger partial charge in [0.25, 0.3) is 0 Å². The van der Waals surface area contributed by atoms with Crippen molar-refractivity contribution in [1.29, 1.82) is 0 Å². The number of allylic oxidation sites excluding steroid dienone is 2. The quantitative estimate of drug-likeness (QED) is 0.278. The first kappa shape index (κ1) is 27.8. The van der Waals surface area contributed by atoms with Gasteiger partial charge in [-0.1, -0.05) is 12.1 Å².